The highest BCUT2D eigenvalue weighted by Gasteiger charge is 2.35. The van der Waals surface area contributed by atoms with Crippen LogP contribution in [0.25, 0.3) is 0 Å². The van der Waals surface area contributed by atoms with Crippen LogP contribution in [0, 0.1) is 0 Å². The van der Waals surface area contributed by atoms with Gasteiger partial charge in [0.15, 0.2) is 0 Å². The smallest absolute Gasteiger partial charge is 0.410 e. The van der Waals surface area contributed by atoms with Crippen molar-refractivity contribution in [2.24, 2.45) is 0 Å². The lowest BCUT2D eigenvalue weighted by Crippen LogP contribution is -2.49. The summed E-state index contributed by atoms with van der Waals surface area (Å²) in [6.07, 6.45) is 1.14. The molecule has 1 aliphatic heterocycles. The quantitative estimate of drug-likeness (QED) is 0.868. The Morgan fingerprint density at radius 2 is 2.04 bits per heavy atom. The zero-order valence-corrected chi connectivity index (χ0v) is 15.2. The van der Waals surface area contributed by atoms with E-state index in [-0.39, 0.29) is 18.2 Å². The number of aliphatic hydroxyl groups is 1. The molecule has 1 aliphatic rings. The molecule has 0 spiro atoms. The number of carbonyl (C=O) groups is 1. The van der Waals surface area contributed by atoms with Gasteiger partial charge in [0, 0.05) is 19.1 Å². The van der Waals surface area contributed by atoms with Gasteiger partial charge in [-0.1, -0.05) is 30.3 Å². The molecule has 1 saturated heterocycles. The van der Waals surface area contributed by atoms with Crippen LogP contribution in [0.1, 0.15) is 52.2 Å². The molecule has 0 bridgehead atoms. The molecule has 1 amide bonds. The Kier molecular flexibility index (Phi) is 6.24. The van der Waals surface area contributed by atoms with E-state index >= 15 is 0 Å². The maximum atomic E-state index is 12.4. The minimum atomic E-state index is -0.551. The average molecular weight is 334 g/mol. The highest BCUT2D eigenvalue weighted by atomic mass is 16.6. The third kappa shape index (κ3) is 5.21. The Morgan fingerprint density at radius 1 is 1.38 bits per heavy atom. The number of nitrogens with zero attached hydrogens (tertiary/aromatic N) is 1. The highest BCUT2D eigenvalue weighted by molar-refractivity contribution is 5.69. The summed E-state index contributed by atoms with van der Waals surface area (Å²) in [7, 11) is 0. The third-order valence-electron chi connectivity index (χ3n) is 4.32. The van der Waals surface area contributed by atoms with Crippen molar-refractivity contribution in [3.05, 3.63) is 35.9 Å². The van der Waals surface area contributed by atoms with Crippen molar-refractivity contribution < 1.29 is 14.6 Å². The molecule has 3 atom stereocenters. The Hall–Kier alpha value is -1.59. The Bertz CT molecular complexity index is 527. The van der Waals surface area contributed by atoms with E-state index in [4.69, 9.17) is 4.74 Å². The van der Waals surface area contributed by atoms with Gasteiger partial charge < -0.3 is 20.1 Å². The van der Waals surface area contributed by atoms with Crippen molar-refractivity contribution >= 4 is 6.09 Å². The standard InChI is InChI=1S/C19H30N2O3/c1-14(20-13-17(22)15-9-6-5-7-10-15)16-11-8-12-21(16)18(23)24-19(2,3)4/h5-7,9-10,14,16-17,20,22H,8,11-13H2,1-4H3. The number of rotatable bonds is 5. The number of hydrogen-bond donors (Lipinski definition) is 2. The molecule has 0 aromatic heterocycles. The molecule has 1 aromatic carbocycles. The van der Waals surface area contributed by atoms with Crippen LogP contribution >= 0.6 is 0 Å². The Balaban J connectivity index is 1.88. The molecular formula is C19H30N2O3. The van der Waals surface area contributed by atoms with E-state index in [1.165, 1.54) is 0 Å². The van der Waals surface area contributed by atoms with Gasteiger partial charge in [0.1, 0.15) is 5.60 Å². The van der Waals surface area contributed by atoms with Gasteiger partial charge >= 0.3 is 6.09 Å². The molecule has 5 nitrogen and oxygen atoms in total. The van der Waals surface area contributed by atoms with Crippen LogP contribution in [0.2, 0.25) is 0 Å². The molecule has 0 saturated carbocycles. The van der Waals surface area contributed by atoms with Gasteiger partial charge in [0.05, 0.1) is 12.1 Å². The SMILES string of the molecule is CC(NCC(O)c1ccccc1)C1CCCN1C(=O)OC(C)(C)C. The van der Waals surface area contributed by atoms with Gasteiger partial charge in [-0.05, 0) is 46.1 Å². The second-order valence-electron chi connectivity index (χ2n) is 7.51. The third-order valence-corrected chi connectivity index (χ3v) is 4.32. The summed E-state index contributed by atoms with van der Waals surface area (Å²) in [5, 5.41) is 13.6. The number of likely N-dealkylation sites (tertiary alicyclic amines) is 1. The van der Waals surface area contributed by atoms with Crippen molar-refractivity contribution in [3.63, 3.8) is 0 Å². The first-order chi connectivity index (χ1) is 11.3. The van der Waals surface area contributed by atoms with Gasteiger partial charge in [0.25, 0.3) is 0 Å². The lowest BCUT2D eigenvalue weighted by molar-refractivity contribution is 0.0197. The molecular weight excluding hydrogens is 304 g/mol. The van der Waals surface area contributed by atoms with E-state index in [1.807, 2.05) is 56.0 Å². The summed E-state index contributed by atoms with van der Waals surface area (Å²) < 4.78 is 5.51. The molecule has 3 unspecified atom stereocenters. The van der Waals surface area contributed by atoms with E-state index in [1.54, 1.807) is 0 Å². The maximum absolute atomic E-state index is 12.4. The largest absolute Gasteiger partial charge is 0.444 e. The van der Waals surface area contributed by atoms with E-state index in [0.29, 0.717) is 6.54 Å². The van der Waals surface area contributed by atoms with Crippen molar-refractivity contribution in [1.29, 1.82) is 0 Å². The maximum Gasteiger partial charge on any atom is 0.410 e. The molecule has 1 fully saturated rings. The average Bonchev–Trinajstić information content (AvgIpc) is 3.01. The molecule has 2 rings (SSSR count). The number of aliphatic hydroxyl groups excluding tert-OH is 1. The minimum Gasteiger partial charge on any atom is -0.444 e. The minimum absolute atomic E-state index is 0.0957. The molecule has 1 heterocycles. The number of benzene rings is 1. The fourth-order valence-corrected chi connectivity index (χ4v) is 3.09. The van der Waals surface area contributed by atoms with E-state index in [2.05, 4.69) is 12.2 Å². The fraction of sp³-hybridized carbons (Fsp3) is 0.632. The Labute approximate surface area is 145 Å². The summed E-state index contributed by atoms with van der Waals surface area (Å²) in [4.78, 5) is 14.2. The van der Waals surface area contributed by atoms with Crippen LogP contribution in [-0.4, -0.2) is 46.9 Å². The van der Waals surface area contributed by atoms with Crippen molar-refractivity contribution in [3.8, 4) is 0 Å². The van der Waals surface area contributed by atoms with Crippen molar-refractivity contribution in [2.75, 3.05) is 13.1 Å². The number of hydrogen-bond acceptors (Lipinski definition) is 4. The summed E-state index contributed by atoms with van der Waals surface area (Å²) >= 11 is 0. The molecule has 5 heteroatoms. The highest BCUT2D eigenvalue weighted by Crippen LogP contribution is 2.23. The monoisotopic (exact) mass is 334 g/mol. The van der Waals surface area contributed by atoms with E-state index in [0.717, 1.165) is 24.9 Å². The molecule has 0 radical (unpaired) electrons. The van der Waals surface area contributed by atoms with Gasteiger partial charge in [-0.15, -0.1) is 0 Å². The fourth-order valence-electron chi connectivity index (χ4n) is 3.09. The first-order valence-electron chi connectivity index (χ1n) is 8.74. The topological polar surface area (TPSA) is 61.8 Å². The first kappa shape index (κ1) is 18.7. The molecule has 1 aromatic rings. The van der Waals surface area contributed by atoms with Gasteiger partial charge in [-0.2, -0.15) is 0 Å². The van der Waals surface area contributed by atoms with Crippen molar-refractivity contribution in [1.82, 2.24) is 10.2 Å². The summed E-state index contributed by atoms with van der Waals surface area (Å²) in [6.45, 7) is 8.90. The summed E-state index contributed by atoms with van der Waals surface area (Å²) in [6, 6.07) is 9.80. The Morgan fingerprint density at radius 3 is 2.67 bits per heavy atom. The number of ether oxygens (including phenoxy) is 1. The van der Waals surface area contributed by atoms with E-state index < -0.39 is 11.7 Å². The second-order valence-corrected chi connectivity index (χ2v) is 7.51. The number of nitrogens with one attached hydrogen (secondary N) is 1. The number of amides is 1. The summed E-state index contributed by atoms with van der Waals surface area (Å²) in [5.41, 5.74) is 0.414. The second kappa shape index (κ2) is 7.99. The number of carbonyl (C=O) groups excluding carboxylic acids is 1. The molecule has 134 valence electrons. The first-order valence-corrected chi connectivity index (χ1v) is 8.74. The summed E-state index contributed by atoms with van der Waals surface area (Å²) in [5.74, 6) is 0. The van der Waals surface area contributed by atoms with Crippen LogP contribution in [0.3, 0.4) is 0 Å². The predicted octanol–water partition coefficient (Wildman–Crippen LogP) is 3.10. The molecule has 24 heavy (non-hydrogen) atoms. The molecule has 0 aliphatic carbocycles. The zero-order chi connectivity index (χ0) is 17.7. The van der Waals surface area contributed by atoms with Crippen LogP contribution in [0.15, 0.2) is 30.3 Å². The van der Waals surface area contributed by atoms with Gasteiger partial charge in [0.2, 0.25) is 0 Å². The molecule has 2 N–H and O–H groups in total. The van der Waals surface area contributed by atoms with Gasteiger partial charge in [-0.3, -0.25) is 0 Å². The van der Waals surface area contributed by atoms with Crippen LogP contribution < -0.4 is 5.32 Å². The normalized spacial score (nSPS) is 20.7. The van der Waals surface area contributed by atoms with Crippen LogP contribution in [0.5, 0.6) is 0 Å². The van der Waals surface area contributed by atoms with Crippen LogP contribution in [0.4, 0.5) is 4.79 Å². The zero-order valence-electron chi connectivity index (χ0n) is 15.2. The predicted molar refractivity (Wildman–Crippen MR) is 94.8 cm³/mol. The lowest BCUT2D eigenvalue weighted by atomic mass is 10.1. The van der Waals surface area contributed by atoms with Crippen molar-refractivity contribution in [2.45, 2.75) is 64.3 Å². The lowest BCUT2D eigenvalue weighted by Gasteiger charge is -2.32. The van der Waals surface area contributed by atoms with Crippen LogP contribution in [-0.2, 0) is 4.74 Å². The van der Waals surface area contributed by atoms with E-state index in [9.17, 15) is 9.90 Å². The van der Waals surface area contributed by atoms with Gasteiger partial charge in [-0.25, -0.2) is 4.79 Å².